The van der Waals surface area contributed by atoms with Gasteiger partial charge < -0.3 is 10.6 Å². The van der Waals surface area contributed by atoms with Gasteiger partial charge in [0.1, 0.15) is 17.9 Å². The molecule has 0 bridgehead atoms. The van der Waals surface area contributed by atoms with E-state index >= 15 is 0 Å². The zero-order valence-corrected chi connectivity index (χ0v) is 16.7. The lowest BCUT2D eigenvalue weighted by Gasteiger charge is -2.28. The Hall–Kier alpha value is -1.86. The highest BCUT2D eigenvalue weighted by Crippen LogP contribution is 2.49. The predicted octanol–water partition coefficient (Wildman–Crippen LogP) is 0.932. The largest absolute Gasteiger partial charge is 0.326 e. The van der Waals surface area contributed by atoms with Crippen LogP contribution in [0.25, 0.3) is 0 Å². The lowest BCUT2D eigenvalue weighted by Crippen LogP contribution is -2.99. The minimum absolute atomic E-state index is 0.0649. The van der Waals surface area contributed by atoms with E-state index in [0.717, 1.165) is 23.4 Å². The summed E-state index contributed by atoms with van der Waals surface area (Å²) in [6.07, 6.45) is 3.55. The molecule has 0 radical (unpaired) electrons. The fourth-order valence-electron chi connectivity index (χ4n) is 5.08. The van der Waals surface area contributed by atoms with E-state index in [0.29, 0.717) is 6.42 Å². The van der Waals surface area contributed by atoms with E-state index in [1.165, 1.54) is 4.90 Å². The highest BCUT2D eigenvalue weighted by atomic mass is 32.2. The van der Waals surface area contributed by atoms with E-state index in [2.05, 4.69) is 5.32 Å². The number of para-hydroxylation sites is 1. The summed E-state index contributed by atoms with van der Waals surface area (Å²) < 4.78 is 0. The van der Waals surface area contributed by atoms with E-state index in [1.807, 2.05) is 49.7 Å². The van der Waals surface area contributed by atoms with E-state index < -0.39 is 17.4 Å². The Labute approximate surface area is 163 Å². The van der Waals surface area contributed by atoms with Crippen LogP contribution in [0.4, 0.5) is 5.69 Å². The third kappa shape index (κ3) is 2.41. The molecule has 5 atom stereocenters. The molecule has 3 aliphatic rings. The van der Waals surface area contributed by atoms with E-state index in [1.54, 1.807) is 11.8 Å². The van der Waals surface area contributed by atoms with Crippen molar-refractivity contribution >= 4 is 35.2 Å². The average molecular weight is 389 g/mol. The standard InChI is InChI=1S/C20H25N3O3S/c1-4-11(2)23-17(24)15-14(9-10-27-3)22-20(16(15)18(23)25)12-7-5-6-8-13(12)21-19(20)26/h5-8,11,14-16,22H,4,9-10H2,1-3H3,(H,21,26)/p+1/t11-,14+,15+,16-,20+/m0/s1. The van der Waals surface area contributed by atoms with Crippen molar-refractivity contribution in [2.24, 2.45) is 11.8 Å². The Bertz CT molecular complexity index is 813. The monoisotopic (exact) mass is 388 g/mol. The van der Waals surface area contributed by atoms with Gasteiger partial charge in [-0.15, -0.1) is 0 Å². The number of imide groups is 1. The molecule has 6 nitrogen and oxygen atoms in total. The minimum atomic E-state index is -1.03. The summed E-state index contributed by atoms with van der Waals surface area (Å²) in [6.45, 7) is 3.89. The number of carbonyl (C=O) groups excluding carboxylic acids is 3. The van der Waals surface area contributed by atoms with Crippen LogP contribution in [0.15, 0.2) is 24.3 Å². The van der Waals surface area contributed by atoms with Gasteiger partial charge in [0.2, 0.25) is 17.4 Å². The number of quaternary nitrogens is 1. The van der Waals surface area contributed by atoms with Crippen LogP contribution < -0.4 is 10.6 Å². The lowest BCUT2D eigenvalue weighted by atomic mass is 9.76. The number of fused-ring (bicyclic) bond motifs is 4. The first kappa shape index (κ1) is 18.5. The summed E-state index contributed by atoms with van der Waals surface area (Å²) in [7, 11) is 0. The maximum atomic E-state index is 13.4. The van der Waals surface area contributed by atoms with Gasteiger partial charge in [0.05, 0.1) is 5.69 Å². The molecule has 2 saturated heterocycles. The molecule has 2 fully saturated rings. The molecular formula is C20H26N3O3S+. The smallest absolute Gasteiger partial charge is 0.291 e. The zero-order valence-electron chi connectivity index (χ0n) is 15.9. The number of likely N-dealkylation sites (tertiary alicyclic amines) is 1. The number of nitrogens with two attached hydrogens (primary N) is 1. The van der Waals surface area contributed by atoms with Crippen LogP contribution in [-0.2, 0) is 19.9 Å². The highest BCUT2D eigenvalue weighted by Gasteiger charge is 2.74. The van der Waals surface area contributed by atoms with Crippen molar-refractivity contribution in [1.82, 2.24) is 4.90 Å². The van der Waals surface area contributed by atoms with Crippen molar-refractivity contribution in [2.45, 2.75) is 44.3 Å². The highest BCUT2D eigenvalue weighted by molar-refractivity contribution is 7.98. The third-order valence-electron chi connectivity index (χ3n) is 6.50. The molecule has 1 aromatic carbocycles. The first-order chi connectivity index (χ1) is 13.0. The second-order valence-electron chi connectivity index (χ2n) is 7.79. The zero-order chi connectivity index (χ0) is 19.3. The normalized spacial score (nSPS) is 32.8. The number of hydrogen-bond donors (Lipinski definition) is 2. The molecule has 27 heavy (non-hydrogen) atoms. The molecule has 1 spiro atoms. The van der Waals surface area contributed by atoms with Gasteiger partial charge in [-0.25, -0.2) is 0 Å². The number of thioether (sulfide) groups is 1. The molecule has 3 N–H and O–H groups in total. The lowest BCUT2D eigenvalue weighted by molar-refractivity contribution is -0.733. The van der Waals surface area contributed by atoms with Crippen LogP contribution in [0.5, 0.6) is 0 Å². The Kier molecular flexibility index (Phi) is 4.55. The molecule has 0 saturated carbocycles. The fourth-order valence-corrected chi connectivity index (χ4v) is 5.59. The summed E-state index contributed by atoms with van der Waals surface area (Å²) in [6, 6.07) is 7.35. The number of rotatable bonds is 5. The summed E-state index contributed by atoms with van der Waals surface area (Å²) in [5.74, 6) is -0.624. The molecule has 3 amide bonds. The maximum Gasteiger partial charge on any atom is 0.291 e. The van der Waals surface area contributed by atoms with Crippen LogP contribution in [0.3, 0.4) is 0 Å². The molecule has 7 heteroatoms. The van der Waals surface area contributed by atoms with Crippen LogP contribution in [0.2, 0.25) is 0 Å². The molecule has 1 aromatic rings. The second kappa shape index (κ2) is 6.63. The Balaban J connectivity index is 1.84. The fraction of sp³-hybridized carbons (Fsp3) is 0.550. The number of nitrogens with one attached hydrogen (secondary N) is 1. The van der Waals surface area contributed by atoms with Crippen molar-refractivity contribution in [1.29, 1.82) is 0 Å². The molecule has 3 aliphatic heterocycles. The Morgan fingerprint density at radius 2 is 2.00 bits per heavy atom. The third-order valence-corrected chi connectivity index (χ3v) is 7.14. The van der Waals surface area contributed by atoms with Crippen molar-refractivity contribution in [3.8, 4) is 0 Å². The number of nitrogens with zero attached hydrogens (tertiary/aromatic N) is 1. The summed E-state index contributed by atoms with van der Waals surface area (Å²) in [4.78, 5) is 41.3. The van der Waals surface area contributed by atoms with Crippen LogP contribution in [0.1, 0.15) is 32.3 Å². The van der Waals surface area contributed by atoms with Crippen LogP contribution in [-0.4, -0.2) is 46.7 Å². The molecule has 0 aliphatic carbocycles. The van der Waals surface area contributed by atoms with Crippen molar-refractivity contribution in [3.63, 3.8) is 0 Å². The van der Waals surface area contributed by atoms with E-state index in [4.69, 9.17) is 0 Å². The van der Waals surface area contributed by atoms with Gasteiger partial charge in [-0.2, -0.15) is 11.8 Å². The predicted molar refractivity (Wildman–Crippen MR) is 104 cm³/mol. The van der Waals surface area contributed by atoms with Gasteiger partial charge in [0, 0.05) is 18.0 Å². The SMILES string of the molecule is CC[C@H](C)N1C(=O)[C@H]2[C@@H](C1=O)[C@@]1([NH2+][C@@H]2CCSC)C(=O)Nc2ccccc21. The number of hydrogen-bond acceptors (Lipinski definition) is 4. The number of benzene rings is 1. The van der Waals surface area contributed by atoms with Gasteiger partial charge in [0.25, 0.3) is 5.91 Å². The summed E-state index contributed by atoms with van der Waals surface area (Å²) in [5.41, 5.74) is 0.563. The second-order valence-corrected chi connectivity index (χ2v) is 8.77. The van der Waals surface area contributed by atoms with E-state index in [9.17, 15) is 14.4 Å². The minimum Gasteiger partial charge on any atom is -0.326 e. The van der Waals surface area contributed by atoms with Gasteiger partial charge in [-0.3, -0.25) is 19.3 Å². The Morgan fingerprint density at radius 3 is 2.70 bits per heavy atom. The number of carbonyl (C=O) groups is 3. The summed E-state index contributed by atoms with van der Waals surface area (Å²) in [5, 5.41) is 4.97. The molecule has 0 unspecified atom stereocenters. The maximum absolute atomic E-state index is 13.4. The van der Waals surface area contributed by atoms with Crippen molar-refractivity contribution in [2.75, 3.05) is 17.3 Å². The topological polar surface area (TPSA) is 83.1 Å². The van der Waals surface area contributed by atoms with Gasteiger partial charge >= 0.3 is 0 Å². The van der Waals surface area contributed by atoms with Crippen LogP contribution >= 0.6 is 11.8 Å². The van der Waals surface area contributed by atoms with Crippen LogP contribution in [0, 0.1) is 11.8 Å². The van der Waals surface area contributed by atoms with Crippen molar-refractivity contribution < 1.29 is 19.7 Å². The Morgan fingerprint density at radius 1 is 1.26 bits per heavy atom. The molecule has 0 aromatic heterocycles. The quantitative estimate of drug-likeness (QED) is 0.735. The van der Waals surface area contributed by atoms with Gasteiger partial charge in [-0.1, -0.05) is 25.1 Å². The number of amides is 3. The van der Waals surface area contributed by atoms with Gasteiger partial charge in [-0.05, 0) is 31.4 Å². The van der Waals surface area contributed by atoms with Crippen molar-refractivity contribution in [3.05, 3.63) is 29.8 Å². The first-order valence-corrected chi connectivity index (χ1v) is 11.0. The first-order valence-electron chi connectivity index (χ1n) is 9.60. The number of anilines is 1. The molecule has 4 rings (SSSR count). The molecular weight excluding hydrogens is 362 g/mol. The van der Waals surface area contributed by atoms with E-state index in [-0.39, 0.29) is 29.8 Å². The molecule has 144 valence electrons. The van der Waals surface area contributed by atoms with Gasteiger partial charge in [0.15, 0.2) is 0 Å². The average Bonchev–Trinajstić information content (AvgIpc) is 3.24. The summed E-state index contributed by atoms with van der Waals surface area (Å²) >= 11 is 1.72. The molecule has 3 heterocycles.